The number of para-hydroxylation sites is 1. The van der Waals surface area contributed by atoms with E-state index >= 15 is 0 Å². The molecule has 0 amide bonds. The number of hydrogen-bond acceptors (Lipinski definition) is 4. The lowest BCUT2D eigenvalue weighted by molar-refractivity contribution is 0.0471. The highest BCUT2D eigenvalue weighted by Gasteiger charge is 2.12. The summed E-state index contributed by atoms with van der Waals surface area (Å²) in [6.07, 6.45) is 0. The largest absolute Gasteiger partial charge is 0.455 e. The monoisotopic (exact) mass is 347 g/mol. The fourth-order valence-electron chi connectivity index (χ4n) is 1.81. The number of rotatable bonds is 3. The molecule has 3 rings (SSSR count). The van der Waals surface area contributed by atoms with Gasteiger partial charge in [0.05, 0.1) is 15.8 Å². The lowest BCUT2D eigenvalue weighted by atomic mass is 10.2. The summed E-state index contributed by atoms with van der Waals surface area (Å²) >= 11 is 4.88. The van der Waals surface area contributed by atoms with Crippen molar-refractivity contribution in [2.45, 2.75) is 6.61 Å². The average molecular weight is 348 g/mol. The van der Waals surface area contributed by atoms with Crippen molar-refractivity contribution >= 4 is 43.5 Å². The Labute approximate surface area is 128 Å². The Hall–Kier alpha value is -1.72. The third kappa shape index (κ3) is 2.73. The number of benzene rings is 2. The molecule has 0 unspecified atom stereocenters. The first kappa shape index (κ1) is 13.3. The molecular formula is C15H10BrNO2S. The molecule has 0 aliphatic carbocycles. The van der Waals surface area contributed by atoms with Crippen molar-refractivity contribution in [3.63, 3.8) is 0 Å². The van der Waals surface area contributed by atoms with E-state index in [9.17, 15) is 4.79 Å². The van der Waals surface area contributed by atoms with Gasteiger partial charge in [-0.2, -0.15) is 0 Å². The molecular weight excluding hydrogens is 338 g/mol. The summed E-state index contributed by atoms with van der Waals surface area (Å²) in [5.41, 5.74) is 1.46. The number of nitrogens with zero attached hydrogens (tertiary/aromatic N) is 1. The van der Waals surface area contributed by atoms with E-state index in [1.807, 2.05) is 36.4 Å². The zero-order valence-electron chi connectivity index (χ0n) is 10.4. The van der Waals surface area contributed by atoms with Gasteiger partial charge >= 0.3 is 5.97 Å². The van der Waals surface area contributed by atoms with Crippen LogP contribution in [-0.4, -0.2) is 11.0 Å². The Balaban J connectivity index is 1.73. The smallest absolute Gasteiger partial charge is 0.339 e. The van der Waals surface area contributed by atoms with Crippen molar-refractivity contribution in [1.29, 1.82) is 0 Å². The zero-order valence-corrected chi connectivity index (χ0v) is 12.8. The van der Waals surface area contributed by atoms with Crippen LogP contribution in [0, 0.1) is 0 Å². The number of halogens is 1. The van der Waals surface area contributed by atoms with Gasteiger partial charge in [0.2, 0.25) is 0 Å². The van der Waals surface area contributed by atoms with E-state index in [1.165, 1.54) is 11.3 Å². The van der Waals surface area contributed by atoms with E-state index in [0.29, 0.717) is 5.56 Å². The molecule has 0 atom stereocenters. The summed E-state index contributed by atoms with van der Waals surface area (Å²) in [6.45, 7) is 0.194. The molecule has 0 aliphatic heterocycles. The molecule has 20 heavy (non-hydrogen) atoms. The SMILES string of the molecule is O=C(OCc1nc2ccccc2s1)c1ccccc1Br. The molecule has 0 fully saturated rings. The minimum Gasteiger partial charge on any atom is -0.455 e. The van der Waals surface area contributed by atoms with Crippen LogP contribution in [-0.2, 0) is 11.3 Å². The van der Waals surface area contributed by atoms with Gasteiger partial charge in [0, 0.05) is 4.47 Å². The van der Waals surface area contributed by atoms with Crippen molar-refractivity contribution in [3.05, 3.63) is 63.6 Å². The molecule has 5 heteroatoms. The number of esters is 1. The molecule has 0 saturated heterocycles. The molecule has 1 heterocycles. The van der Waals surface area contributed by atoms with Gasteiger partial charge in [0.25, 0.3) is 0 Å². The van der Waals surface area contributed by atoms with Gasteiger partial charge in [0.1, 0.15) is 11.6 Å². The second-order valence-corrected chi connectivity index (χ2v) is 6.10. The first-order valence-electron chi connectivity index (χ1n) is 6.00. The van der Waals surface area contributed by atoms with Gasteiger partial charge in [-0.15, -0.1) is 11.3 Å². The van der Waals surface area contributed by atoms with Crippen molar-refractivity contribution in [2.24, 2.45) is 0 Å². The average Bonchev–Trinajstić information content (AvgIpc) is 2.88. The van der Waals surface area contributed by atoms with Crippen LogP contribution >= 0.6 is 27.3 Å². The van der Waals surface area contributed by atoms with Gasteiger partial charge in [-0.25, -0.2) is 9.78 Å². The second kappa shape index (κ2) is 5.73. The van der Waals surface area contributed by atoms with E-state index in [-0.39, 0.29) is 12.6 Å². The highest BCUT2D eigenvalue weighted by atomic mass is 79.9. The minimum atomic E-state index is -0.350. The van der Waals surface area contributed by atoms with Crippen molar-refractivity contribution in [3.8, 4) is 0 Å². The predicted octanol–water partition coefficient (Wildman–Crippen LogP) is 4.42. The number of aromatic nitrogens is 1. The molecule has 2 aromatic carbocycles. The van der Waals surface area contributed by atoms with E-state index in [1.54, 1.807) is 12.1 Å². The van der Waals surface area contributed by atoms with Crippen LogP contribution in [0.4, 0.5) is 0 Å². The van der Waals surface area contributed by atoms with E-state index in [0.717, 1.165) is 19.7 Å². The Morgan fingerprint density at radius 1 is 1.15 bits per heavy atom. The van der Waals surface area contributed by atoms with Crippen LogP contribution in [0.2, 0.25) is 0 Å². The molecule has 1 aromatic heterocycles. The molecule has 0 N–H and O–H groups in total. The van der Waals surface area contributed by atoms with Crippen LogP contribution in [0.5, 0.6) is 0 Å². The lowest BCUT2D eigenvalue weighted by Gasteiger charge is -2.04. The summed E-state index contributed by atoms with van der Waals surface area (Å²) in [6, 6.07) is 15.1. The fourth-order valence-corrected chi connectivity index (χ4v) is 3.14. The molecule has 0 aliphatic rings. The van der Waals surface area contributed by atoms with E-state index < -0.39 is 0 Å². The van der Waals surface area contributed by atoms with Crippen LogP contribution in [0.25, 0.3) is 10.2 Å². The summed E-state index contributed by atoms with van der Waals surface area (Å²) in [5, 5.41) is 0.798. The summed E-state index contributed by atoms with van der Waals surface area (Å²) < 4.78 is 7.13. The maximum absolute atomic E-state index is 12.0. The third-order valence-electron chi connectivity index (χ3n) is 2.76. The van der Waals surface area contributed by atoms with Gasteiger partial charge in [0.15, 0.2) is 0 Å². The predicted molar refractivity (Wildman–Crippen MR) is 82.9 cm³/mol. The number of hydrogen-bond donors (Lipinski definition) is 0. The highest BCUT2D eigenvalue weighted by molar-refractivity contribution is 9.10. The molecule has 0 saturated carbocycles. The number of fused-ring (bicyclic) bond motifs is 1. The maximum atomic E-state index is 12.0. The van der Waals surface area contributed by atoms with Gasteiger partial charge in [-0.05, 0) is 40.2 Å². The summed E-state index contributed by atoms with van der Waals surface area (Å²) in [4.78, 5) is 16.4. The van der Waals surface area contributed by atoms with E-state index in [2.05, 4.69) is 20.9 Å². The lowest BCUT2D eigenvalue weighted by Crippen LogP contribution is -2.05. The number of carbonyl (C=O) groups is 1. The standard InChI is InChI=1S/C15H10BrNO2S/c16-11-6-2-1-5-10(11)15(18)19-9-14-17-12-7-3-4-8-13(12)20-14/h1-8H,9H2. The Morgan fingerprint density at radius 2 is 1.90 bits per heavy atom. The van der Waals surface area contributed by atoms with Crippen molar-refractivity contribution < 1.29 is 9.53 Å². The maximum Gasteiger partial charge on any atom is 0.339 e. The number of thiazole rings is 1. The van der Waals surface area contributed by atoms with Crippen LogP contribution in [0.1, 0.15) is 15.4 Å². The summed E-state index contributed by atoms with van der Waals surface area (Å²) in [7, 11) is 0. The van der Waals surface area contributed by atoms with Gasteiger partial charge in [-0.1, -0.05) is 24.3 Å². The van der Waals surface area contributed by atoms with Crippen LogP contribution in [0.15, 0.2) is 53.0 Å². The molecule has 3 nitrogen and oxygen atoms in total. The third-order valence-corrected chi connectivity index (χ3v) is 4.46. The molecule has 0 radical (unpaired) electrons. The first-order chi connectivity index (χ1) is 9.74. The molecule has 100 valence electrons. The number of ether oxygens (including phenoxy) is 1. The van der Waals surface area contributed by atoms with Crippen molar-refractivity contribution in [1.82, 2.24) is 4.98 Å². The van der Waals surface area contributed by atoms with Gasteiger partial charge < -0.3 is 4.74 Å². The molecule has 0 bridgehead atoms. The van der Waals surface area contributed by atoms with Crippen LogP contribution in [0.3, 0.4) is 0 Å². The zero-order chi connectivity index (χ0) is 13.9. The topological polar surface area (TPSA) is 39.2 Å². The van der Waals surface area contributed by atoms with Crippen molar-refractivity contribution in [2.75, 3.05) is 0 Å². The Kier molecular flexibility index (Phi) is 3.80. The highest BCUT2D eigenvalue weighted by Crippen LogP contribution is 2.23. The normalized spacial score (nSPS) is 10.7. The van der Waals surface area contributed by atoms with E-state index in [4.69, 9.17) is 4.74 Å². The quantitative estimate of drug-likeness (QED) is 0.658. The van der Waals surface area contributed by atoms with Crippen LogP contribution < -0.4 is 0 Å². The molecule has 3 aromatic rings. The first-order valence-corrected chi connectivity index (χ1v) is 7.61. The minimum absolute atomic E-state index is 0.194. The fraction of sp³-hybridized carbons (Fsp3) is 0.0667. The second-order valence-electron chi connectivity index (χ2n) is 4.13. The number of carbonyl (C=O) groups excluding carboxylic acids is 1. The Bertz CT molecular complexity index is 736. The Morgan fingerprint density at radius 3 is 2.70 bits per heavy atom. The van der Waals surface area contributed by atoms with Gasteiger partial charge in [-0.3, -0.25) is 0 Å². The molecule has 0 spiro atoms. The summed E-state index contributed by atoms with van der Waals surface area (Å²) in [5.74, 6) is -0.350.